The van der Waals surface area contributed by atoms with Gasteiger partial charge in [-0.25, -0.2) is 0 Å². The fourth-order valence-electron chi connectivity index (χ4n) is 8.60. The van der Waals surface area contributed by atoms with E-state index in [9.17, 15) is 5.11 Å². The van der Waals surface area contributed by atoms with Crippen LogP contribution in [0.5, 0.6) is 0 Å². The molecule has 0 aromatic heterocycles. The van der Waals surface area contributed by atoms with Crippen molar-refractivity contribution < 1.29 is 9.84 Å². The van der Waals surface area contributed by atoms with Crippen molar-refractivity contribution >= 4 is 0 Å². The molecule has 0 heterocycles. The van der Waals surface area contributed by atoms with Crippen LogP contribution in [0, 0.1) is 34.5 Å². The lowest BCUT2D eigenvalue weighted by atomic mass is 9.44. The van der Waals surface area contributed by atoms with Gasteiger partial charge in [0.05, 0.1) is 11.7 Å². The predicted molar refractivity (Wildman–Crippen MR) is 113 cm³/mol. The Morgan fingerprint density at radius 3 is 2.36 bits per heavy atom. The van der Waals surface area contributed by atoms with Gasteiger partial charge < -0.3 is 9.84 Å². The number of rotatable bonds is 2. The van der Waals surface area contributed by atoms with Crippen LogP contribution in [-0.2, 0) is 10.3 Å². The van der Waals surface area contributed by atoms with Gasteiger partial charge in [0.25, 0.3) is 0 Å². The van der Waals surface area contributed by atoms with Crippen LogP contribution in [0.4, 0.5) is 0 Å². The highest BCUT2D eigenvalue weighted by molar-refractivity contribution is 5.24. The molecule has 2 nitrogen and oxygen atoms in total. The van der Waals surface area contributed by atoms with Gasteiger partial charge >= 0.3 is 0 Å². The normalized spacial score (nSPS) is 50.5. The summed E-state index contributed by atoms with van der Waals surface area (Å²) in [6, 6.07) is 10.5. The van der Waals surface area contributed by atoms with Crippen molar-refractivity contribution in [1.29, 1.82) is 0 Å². The minimum atomic E-state index is -0.615. The van der Waals surface area contributed by atoms with Crippen LogP contribution in [0.15, 0.2) is 30.3 Å². The fraction of sp³-hybridized carbons (Fsp3) is 0.769. The van der Waals surface area contributed by atoms with Gasteiger partial charge in [0.2, 0.25) is 0 Å². The molecule has 154 valence electrons. The molecule has 28 heavy (non-hydrogen) atoms. The van der Waals surface area contributed by atoms with Crippen LogP contribution in [-0.4, -0.2) is 18.3 Å². The molecular weight excluding hydrogens is 344 g/mol. The minimum absolute atomic E-state index is 0.401. The largest absolute Gasteiger partial charge is 0.385 e. The topological polar surface area (TPSA) is 29.5 Å². The molecule has 4 fully saturated rings. The second-order valence-corrected chi connectivity index (χ2v) is 11.1. The summed E-state index contributed by atoms with van der Waals surface area (Å²) >= 11 is 0. The van der Waals surface area contributed by atoms with Crippen molar-refractivity contribution in [2.75, 3.05) is 7.11 Å². The zero-order valence-electron chi connectivity index (χ0n) is 18.0. The van der Waals surface area contributed by atoms with Crippen molar-refractivity contribution in [3.05, 3.63) is 35.9 Å². The third-order valence-electron chi connectivity index (χ3n) is 10.2. The molecule has 0 amide bonds. The monoisotopic (exact) mass is 382 g/mol. The number of hydrogen-bond donors (Lipinski definition) is 1. The Morgan fingerprint density at radius 2 is 1.61 bits per heavy atom. The molecule has 1 N–H and O–H groups in total. The van der Waals surface area contributed by atoms with Crippen molar-refractivity contribution in [2.45, 2.75) is 83.3 Å². The first-order valence-corrected chi connectivity index (χ1v) is 11.7. The van der Waals surface area contributed by atoms with Gasteiger partial charge in [-0.2, -0.15) is 0 Å². The Bertz CT molecular complexity index is 716. The maximum atomic E-state index is 11.5. The average Bonchev–Trinajstić information content (AvgIpc) is 3.06. The van der Waals surface area contributed by atoms with Crippen molar-refractivity contribution in [2.24, 2.45) is 34.5 Å². The summed E-state index contributed by atoms with van der Waals surface area (Å²) < 4.78 is 5.94. The minimum Gasteiger partial charge on any atom is -0.385 e. The lowest BCUT2D eigenvalue weighted by Gasteiger charge is -2.62. The summed E-state index contributed by atoms with van der Waals surface area (Å²) in [5.41, 5.74) is 1.33. The summed E-state index contributed by atoms with van der Waals surface area (Å²) in [6.45, 7) is 5.11. The van der Waals surface area contributed by atoms with Gasteiger partial charge in [0.15, 0.2) is 0 Å². The Morgan fingerprint density at radius 1 is 0.857 bits per heavy atom. The number of methoxy groups -OCH3 is 1. The molecule has 0 unspecified atom stereocenters. The van der Waals surface area contributed by atoms with Crippen LogP contribution in [0.25, 0.3) is 0 Å². The summed E-state index contributed by atoms with van der Waals surface area (Å²) in [4.78, 5) is 0. The number of fused-ring (bicyclic) bond motifs is 5. The third-order valence-corrected chi connectivity index (χ3v) is 10.2. The number of hydrogen-bond acceptors (Lipinski definition) is 2. The number of benzene rings is 1. The fourth-order valence-corrected chi connectivity index (χ4v) is 8.60. The Labute approximate surface area is 171 Å². The molecule has 0 saturated heterocycles. The number of aliphatic hydroxyl groups is 1. The molecular formula is C26H38O2. The maximum absolute atomic E-state index is 11.5. The molecule has 1 aromatic rings. The van der Waals surface area contributed by atoms with E-state index in [0.717, 1.165) is 36.2 Å². The molecule has 8 atom stereocenters. The van der Waals surface area contributed by atoms with Crippen LogP contribution in [0.2, 0.25) is 0 Å². The molecule has 0 spiro atoms. The molecule has 0 aliphatic heterocycles. The molecule has 4 aliphatic carbocycles. The van der Waals surface area contributed by atoms with Gasteiger partial charge in [-0.3, -0.25) is 0 Å². The summed E-state index contributed by atoms with van der Waals surface area (Å²) in [5, 5.41) is 11.5. The molecule has 4 saturated carbocycles. The van der Waals surface area contributed by atoms with E-state index in [1.54, 1.807) is 0 Å². The van der Waals surface area contributed by atoms with Crippen molar-refractivity contribution in [1.82, 2.24) is 0 Å². The molecule has 4 aliphatic rings. The van der Waals surface area contributed by atoms with E-state index in [2.05, 4.69) is 44.2 Å². The maximum Gasteiger partial charge on any atom is 0.0899 e. The van der Waals surface area contributed by atoms with Crippen LogP contribution < -0.4 is 0 Å². The van der Waals surface area contributed by atoms with E-state index in [1.165, 1.54) is 44.9 Å². The molecule has 5 rings (SSSR count). The standard InChI is InChI=1S/C26H38O2/c1-24-15-16-26(27,18-7-5-4-6-8-18)17-19(24)9-10-20-21-11-12-23(28-3)25(21,2)14-13-22(20)24/h4-8,19-23,27H,9-17H2,1-3H3/t19-,20+,21+,22+,23+,24+,25+,26-/m1/s1. The summed E-state index contributed by atoms with van der Waals surface area (Å²) in [6.07, 6.45) is 11.5. The van der Waals surface area contributed by atoms with E-state index >= 15 is 0 Å². The van der Waals surface area contributed by atoms with E-state index in [-0.39, 0.29) is 0 Å². The highest BCUT2D eigenvalue weighted by Gasteiger charge is 2.61. The highest BCUT2D eigenvalue weighted by Crippen LogP contribution is 2.67. The molecule has 0 bridgehead atoms. The Kier molecular flexibility index (Phi) is 4.49. The van der Waals surface area contributed by atoms with Crippen LogP contribution >= 0.6 is 0 Å². The van der Waals surface area contributed by atoms with E-state index in [0.29, 0.717) is 22.9 Å². The first-order valence-electron chi connectivity index (χ1n) is 11.7. The summed E-state index contributed by atoms with van der Waals surface area (Å²) in [7, 11) is 1.92. The molecule has 0 radical (unpaired) electrons. The van der Waals surface area contributed by atoms with Crippen LogP contribution in [0.3, 0.4) is 0 Å². The average molecular weight is 383 g/mol. The van der Waals surface area contributed by atoms with Gasteiger partial charge in [-0.15, -0.1) is 0 Å². The number of ether oxygens (including phenoxy) is 1. The van der Waals surface area contributed by atoms with Gasteiger partial charge in [0, 0.05) is 7.11 Å². The lowest BCUT2D eigenvalue weighted by Crippen LogP contribution is -2.55. The second-order valence-electron chi connectivity index (χ2n) is 11.1. The molecule has 2 heteroatoms. The van der Waals surface area contributed by atoms with E-state index < -0.39 is 5.60 Å². The smallest absolute Gasteiger partial charge is 0.0899 e. The van der Waals surface area contributed by atoms with Crippen molar-refractivity contribution in [3.8, 4) is 0 Å². The Balaban J connectivity index is 1.40. The predicted octanol–water partition coefficient (Wildman–Crippen LogP) is 5.93. The highest BCUT2D eigenvalue weighted by atomic mass is 16.5. The van der Waals surface area contributed by atoms with Gasteiger partial charge in [0.1, 0.15) is 0 Å². The van der Waals surface area contributed by atoms with Gasteiger partial charge in [-0.05, 0) is 97.9 Å². The second kappa shape index (κ2) is 6.57. The van der Waals surface area contributed by atoms with E-state index in [1.807, 2.05) is 7.11 Å². The SMILES string of the molecule is CO[C@H]1CC[C@H]2[C@@H]3CC[C@@H]4C[C@@](O)(c5ccccc5)CC[C@]4(C)[C@H]3CC[C@]12C. The molecule has 1 aromatic carbocycles. The van der Waals surface area contributed by atoms with Crippen LogP contribution in [0.1, 0.15) is 77.2 Å². The lowest BCUT2D eigenvalue weighted by molar-refractivity contribution is -0.159. The first-order chi connectivity index (χ1) is 13.4. The first kappa shape index (κ1) is 19.1. The van der Waals surface area contributed by atoms with Gasteiger partial charge in [-0.1, -0.05) is 44.2 Å². The van der Waals surface area contributed by atoms with Crippen molar-refractivity contribution in [3.63, 3.8) is 0 Å². The quantitative estimate of drug-likeness (QED) is 0.687. The van der Waals surface area contributed by atoms with E-state index in [4.69, 9.17) is 4.74 Å². The zero-order valence-corrected chi connectivity index (χ0v) is 18.0. The Hall–Kier alpha value is -0.860. The third kappa shape index (κ3) is 2.59. The summed E-state index contributed by atoms with van der Waals surface area (Å²) in [5.74, 6) is 3.24. The zero-order chi connectivity index (χ0) is 19.6.